The molecule has 2 aromatic rings. The number of hydrogen-bond acceptors (Lipinski definition) is 7. The van der Waals surface area contributed by atoms with E-state index in [0.29, 0.717) is 0 Å². The summed E-state index contributed by atoms with van der Waals surface area (Å²) in [5.74, 6) is -4.41. The zero-order chi connectivity index (χ0) is 17.9. The molecule has 0 aliphatic heterocycles. The van der Waals surface area contributed by atoms with Gasteiger partial charge in [0.25, 0.3) is 0 Å². The standard InChI is InChI=1S/C13H12Br2F2N6O/c14-1-5(9-7(16)3-20-12(18)22-9)11(24)6(2-15)10-8(17)4-21-13(19)23-10/h3-6H,1-2H2,(H2,18,20,22)(H2,19,21,23). The normalized spacial score (nSPS) is 13.5. The van der Waals surface area contributed by atoms with Crippen molar-refractivity contribution in [1.29, 1.82) is 0 Å². The molecule has 2 heterocycles. The van der Waals surface area contributed by atoms with E-state index in [1.54, 1.807) is 0 Å². The summed E-state index contributed by atoms with van der Waals surface area (Å²) in [4.78, 5) is 27.5. The maximum Gasteiger partial charge on any atom is 0.220 e. The summed E-state index contributed by atoms with van der Waals surface area (Å²) in [6, 6.07) is 0. The van der Waals surface area contributed by atoms with Gasteiger partial charge in [-0.05, 0) is 0 Å². The highest BCUT2D eigenvalue weighted by molar-refractivity contribution is 9.09. The van der Waals surface area contributed by atoms with E-state index in [1.165, 1.54) is 0 Å². The Balaban J connectivity index is 2.45. The van der Waals surface area contributed by atoms with Crippen molar-refractivity contribution in [3.63, 3.8) is 0 Å². The fraction of sp³-hybridized carbons (Fsp3) is 0.308. The fourth-order valence-corrected chi connectivity index (χ4v) is 3.34. The first-order valence-corrected chi connectivity index (χ1v) is 8.84. The molecule has 0 aliphatic carbocycles. The van der Waals surface area contributed by atoms with Crippen molar-refractivity contribution in [1.82, 2.24) is 19.9 Å². The van der Waals surface area contributed by atoms with E-state index in [1.807, 2.05) is 0 Å². The van der Waals surface area contributed by atoms with Crippen molar-refractivity contribution >= 4 is 49.5 Å². The number of ketones is 1. The third-order valence-electron chi connectivity index (χ3n) is 3.24. The molecule has 11 heteroatoms. The number of nitrogens with two attached hydrogens (primary N) is 2. The van der Waals surface area contributed by atoms with Gasteiger partial charge in [0.2, 0.25) is 11.9 Å². The Hall–Kier alpha value is -1.75. The third kappa shape index (κ3) is 3.83. The van der Waals surface area contributed by atoms with Crippen LogP contribution in [0.2, 0.25) is 0 Å². The smallest absolute Gasteiger partial charge is 0.220 e. The van der Waals surface area contributed by atoms with Crippen LogP contribution in [-0.2, 0) is 4.79 Å². The minimum Gasteiger partial charge on any atom is -0.368 e. The Labute approximate surface area is 152 Å². The van der Waals surface area contributed by atoms with Crippen molar-refractivity contribution in [3.05, 3.63) is 35.4 Å². The number of nitrogens with zero attached hydrogens (tertiary/aromatic N) is 4. The summed E-state index contributed by atoms with van der Waals surface area (Å²) in [6.45, 7) is 0. The van der Waals surface area contributed by atoms with E-state index in [9.17, 15) is 13.6 Å². The Morgan fingerprint density at radius 1 is 0.958 bits per heavy atom. The van der Waals surface area contributed by atoms with Crippen LogP contribution in [0.5, 0.6) is 0 Å². The van der Waals surface area contributed by atoms with Gasteiger partial charge in [0.05, 0.1) is 35.6 Å². The molecule has 0 saturated heterocycles. The number of carbonyl (C=O) groups excluding carboxylic acids is 1. The first-order chi connectivity index (χ1) is 11.4. The SMILES string of the molecule is Nc1ncc(F)c(C(CBr)C(=O)C(CBr)c2nc(N)ncc2F)n1. The molecule has 2 aromatic heterocycles. The van der Waals surface area contributed by atoms with E-state index >= 15 is 0 Å². The highest BCUT2D eigenvalue weighted by atomic mass is 79.9. The maximum absolute atomic E-state index is 14.0. The van der Waals surface area contributed by atoms with Gasteiger partial charge in [0.1, 0.15) is 0 Å². The number of halogens is 4. The molecular weight excluding hydrogens is 454 g/mol. The zero-order valence-electron chi connectivity index (χ0n) is 12.1. The van der Waals surface area contributed by atoms with Gasteiger partial charge >= 0.3 is 0 Å². The summed E-state index contributed by atoms with van der Waals surface area (Å²) in [7, 11) is 0. The molecule has 0 aromatic carbocycles. The van der Waals surface area contributed by atoms with Crippen LogP contribution in [-0.4, -0.2) is 36.4 Å². The topological polar surface area (TPSA) is 121 Å². The molecule has 0 fully saturated rings. The van der Waals surface area contributed by atoms with Gasteiger partial charge < -0.3 is 11.5 Å². The molecular formula is C13H12Br2F2N6O. The molecule has 4 N–H and O–H groups in total. The molecule has 0 spiro atoms. The second-order valence-electron chi connectivity index (χ2n) is 4.74. The van der Waals surface area contributed by atoms with Crippen molar-refractivity contribution < 1.29 is 13.6 Å². The third-order valence-corrected chi connectivity index (χ3v) is 4.53. The molecule has 0 aliphatic rings. The molecule has 128 valence electrons. The lowest BCUT2D eigenvalue weighted by molar-refractivity contribution is -0.121. The Morgan fingerprint density at radius 3 is 1.67 bits per heavy atom. The second-order valence-corrected chi connectivity index (χ2v) is 6.03. The largest absolute Gasteiger partial charge is 0.368 e. The Kier molecular flexibility index (Phi) is 6.10. The number of alkyl halides is 2. The first-order valence-electron chi connectivity index (χ1n) is 6.60. The Morgan fingerprint density at radius 2 is 1.33 bits per heavy atom. The lowest BCUT2D eigenvalue weighted by atomic mass is 9.90. The summed E-state index contributed by atoms with van der Waals surface area (Å²) >= 11 is 6.32. The second kappa shape index (κ2) is 7.88. The van der Waals surface area contributed by atoms with Gasteiger partial charge in [-0.2, -0.15) is 0 Å². The number of hydrogen-bond donors (Lipinski definition) is 2. The number of anilines is 2. The predicted octanol–water partition coefficient (Wildman–Crippen LogP) is 1.94. The number of aromatic nitrogens is 4. The number of rotatable bonds is 6. The molecule has 7 nitrogen and oxygen atoms in total. The van der Waals surface area contributed by atoms with Crippen LogP contribution in [0.25, 0.3) is 0 Å². The molecule has 0 radical (unpaired) electrons. The molecule has 24 heavy (non-hydrogen) atoms. The lowest BCUT2D eigenvalue weighted by Gasteiger charge is -2.19. The lowest BCUT2D eigenvalue weighted by Crippen LogP contribution is -2.27. The highest BCUT2D eigenvalue weighted by Gasteiger charge is 2.33. The van der Waals surface area contributed by atoms with Gasteiger partial charge in [0.15, 0.2) is 17.4 Å². The molecule has 0 saturated carbocycles. The summed E-state index contributed by atoms with van der Waals surface area (Å²) in [6.07, 6.45) is 1.76. The minimum absolute atomic E-state index is 0.0604. The maximum atomic E-state index is 14.0. The van der Waals surface area contributed by atoms with Crippen LogP contribution < -0.4 is 11.5 Å². The van der Waals surface area contributed by atoms with Crippen molar-refractivity contribution in [2.75, 3.05) is 22.1 Å². The van der Waals surface area contributed by atoms with Crippen LogP contribution in [0.15, 0.2) is 12.4 Å². The molecule has 0 bridgehead atoms. The van der Waals surface area contributed by atoms with Gasteiger partial charge in [0, 0.05) is 10.7 Å². The van der Waals surface area contributed by atoms with E-state index in [2.05, 4.69) is 51.8 Å². The number of carbonyl (C=O) groups is 1. The average Bonchev–Trinajstić information content (AvgIpc) is 2.55. The van der Waals surface area contributed by atoms with Crippen molar-refractivity contribution in [2.24, 2.45) is 0 Å². The van der Waals surface area contributed by atoms with E-state index in [-0.39, 0.29) is 33.9 Å². The van der Waals surface area contributed by atoms with Crippen LogP contribution in [0.4, 0.5) is 20.7 Å². The van der Waals surface area contributed by atoms with E-state index in [0.717, 1.165) is 12.4 Å². The summed E-state index contributed by atoms with van der Waals surface area (Å²) in [5, 5.41) is 0.121. The number of nitrogen functional groups attached to an aromatic ring is 2. The molecule has 2 atom stereocenters. The molecule has 2 rings (SSSR count). The van der Waals surface area contributed by atoms with E-state index < -0.39 is 29.3 Å². The molecule has 2 unspecified atom stereocenters. The monoisotopic (exact) mass is 464 g/mol. The van der Waals surface area contributed by atoms with Gasteiger partial charge in [-0.15, -0.1) is 0 Å². The van der Waals surface area contributed by atoms with Crippen molar-refractivity contribution in [3.8, 4) is 0 Å². The molecule has 0 amide bonds. The van der Waals surface area contributed by atoms with Gasteiger partial charge in [-0.3, -0.25) is 4.79 Å². The minimum atomic E-state index is -1.01. The van der Waals surface area contributed by atoms with Crippen LogP contribution in [0, 0.1) is 11.6 Å². The first kappa shape index (κ1) is 18.6. The number of Topliss-reactive ketones (excluding diaryl/α,β-unsaturated/α-hetero) is 1. The fourth-order valence-electron chi connectivity index (χ4n) is 2.09. The van der Waals surface area contributed by atoms with Crippen LogP contribution in [0.3, 0.4) is 0 Å². The Bertz CT molecular complexity index is 702. The van der Waals surface area contributed by atoms with Gasteiger partial charge in [-0.1, -0.05) is 31.9 Å². The zero-order valence-corrected chi connectivity index (χ0v) is 15.3. The average molecular weight is 466 g/mol. The van der Waals surface area contributed by atoms with Crippen molar-refractivity contribution in [2.45, 2.75) is 11.8 Å². The van der Waals surface area contributed by atoms with Gasteiger partial charge in [-0.25, -0.2) is 28.7 Å². The quantitative estimate of drug-likeness (QED) is 0.625. The van der Waals surface area contributed by atoms with Crippen LogP contribution in [0.1, 0.15) is 23.2 Å². The summed E-state index contributed by atoms with van der Waals surface area (Å²) < 4.78 is 28.0. The highest BCUT2D eigenvalue weighted by Crippen LogP contribution is 2.30. The summed E-state index contributed by atoms with van der Waals surface area (Å²) in [5.41, 5.74) is 10.6. The predicted molar refractivity (Wildman–Crippen MR) is 90.9 cm³/mol. The van der Waals surface area contributed by atoms with Crippen LogP contribution >= 0.6 is 31.9 Å². The van der Waals surface area contributed by atoms with E-state index in [4.69, 9.17) is 11.5 Å².